The van der Waals surface area contributed by atoms with Crippen LogP contribution in [0, 0.1) is 0 Å². The predicted octanol–water partition coefficient (Wildman–Crippen LogP) is -0.233. The fourth-order valence-electron chi connectivity index (χ4n) is 0.787. The van der Waals surface area contributed by atoms with Crippen LogP contribution in [0.1, 0.15) is 19.8 Å². The van der Waals surface area contributed by atoms with E-state index in [1.165, 1.54) is 0 Å². The summed E-state index contributed by atoms with van der Waals surface area (Å²) in [4.78, 5) is 20.0. The molecule has 0 aromatic rings. The van der Waals surface area contributed by atoms with E-state index in [9.17, 15) is 9.59 Å². The van der Waals surface area contributed by atoms with Crippen LogP contribution in [0.2, 0.25) is 6.32 Å². The molecule has 0 aromatic carbocycles. The van der Waals surface area contributed by atoms with Crippen LogP contribution < -0.4 is 10.5 Å². The van der Waals surface area contributed by atoms with Gasteiger partial charge in [0.1, 0.15) is 0 Å². The maximum absolute atomic E-state index is 9.99. The van der Waals surface area contributed by atoms with Gasteiger partial charge in [0.25, 0.3) is 0 Å². The molecule has 0 aliphatic heterocycles. The van der Waals surface area contributed by atoms with Crippen molar-refractivity contribution in [2.75, 3.05) is 0 Å². The van der Waals surface area contributed by atoms with Gasteiger partial charge in [-0.2, -0.15) is 0 Å². The van der Waals surface area contributed by atoms with Crippen molar-refractivity contribution < 1.29 is 9.59 Å². The minimum Gasteiger partial charge on any atom is -0.382 e. The molecule has 0 aliphatic rings. The van der Waals surface area contributed by atoms with Gasteiger partial charge in [-0.1, -0.05) is 19.8 Å². The summed E-state index contributed by atoms with van der Waals surface area (Å²) < 4.78 is 0. The van der Waals surface area contributed by atoms with E-state index in [1.54, 1.807) is 0 Å². The number of unbranched alkanes of at least 4 members (excludes halogenated alkanes) is 1. The van der Waals surface area contributed by atoms with E-state index in [4.69, 9.17) is 0 Å². The van der Waals surface area contributed by atoms with Gasteiger partial charge in [-0.05, 0) is 6.32 Å². The molecule has 0 atom stereocenters. The fourth-order valence-corrected chi connectivity index (χ4v) is 0.787. The Balaban J connectivity index is 3.49. The van der Waals surface area contributed by atoms with Crippen LogP contribution in [-0.4, -0.2) is 19.8 Å². The number of carbonyl (C=O) groups excluding carboxylic acids is 2. The van der Waals surface area contributed by atoms with Crippen molar-refractivity contribution in [3.05, 3.63) is 0 Å². The third-order valence-electron chi connectivity index (χ3n) is 1.38. The number of rotatable bonds is 7. The molecule has 0 bridgehead atoms. The zero-order chi connectivity index (χ0) is 8.53. The summed E-state index contributed by atoms with van der Waals surface area (Å²) in [6.45, 7) is 1.85. The highest BCUT2D eigenvalue weighted by Gasteiger charge is 2.10. The summed E-state index contributed by atoms with van der Waals surface area (Å²) in [5.74, 6) is 0. The number of carbonyl (C=O) groups is 2. The zero-order valence-electron chi connectivity index (χ0n) is 6.67. The highest BCUT2D eigenvalue weighted by molar-refractivity contribution is 6.57. The van der Waals surface area contributed by atoms with Gasteiger partial charge in [-0.25, -0.2) is 0 Å². The summed E-state index contributed by atoms with van der Waals surface area (Å²) in [5, 5.41) is 4.99. The first kappa shape index (κ1) is 10.0. The van der Waals surface area contributed by atoms with Gasteiger partial charge in [0, 0.05) is 0 Å². The lowest BCUT2D eigenvalue weighted by Crippen LogP contribution is -2.45. The van der Waals surface area contributed by atoms with Crippen LogP contribution >= 0.6 is 0 Å². The molecule has 0 radical (unpaired) electrons. The standard InChI is InChI=1S/C6H13BN2O2/c1-2-3-4-7(8-5-10)9-6-11/h5-6H,2-4H2,1H3,(H,8,10)(H,9,11). The Hall–Kier alpha value is -0.995. The summed E-state index contributed by atoms with van der Waals surface area (Å²) in [7, 11) is 0. The molecule has 0 aromatic heterocycles. The average Bonchev–Trinajstić information content (AvgIpc) is 2.01. The minimum atomic E-state index is -0.204. The van der Waals surface area contributed by atoms with Crippen molar-refractivity contribution in [3.63, 3.8) is 0 Å². The van der Waals surface area contributed by atoms with Crippen LogP contribution in [0.4, 0.5) is 0 Å². The lowest BCUT2D eigenvalue weighted by molar-refractivity contribution is -0.108. The number of amides is 2. The molecular weight excluding hydrogens is 143 g/mol. The Labute approximate surface area is 66.9 Å². The Morgan fingerprint density at radius 3 is 2.18 bits per heavy atom. The van der Waals surface area contributed by atoms with Crippen LogP contribution in [0.3, 0.4) is 0 Å². The molecule has 2 amide bonds. The van der Waals surface area contributed by atoms with Gasteiger partial charge in [-0.15, -0.1) is 0 Å². The summed E-state index contributed by atoms with van der Waals surface area (Å²) >= 11 is 0. The quantitative estimate of drug-likeness (QED) is 0.395. The Morgan fingerprint density at radius 1 is 1.27 bits per heavy atom. The van der Waals surface area contributed by atoms with Gasteiger partial charge in [0.05, 0.1) is 0 Å². The molecule has 62 valence electrons. The first-order valence-corrected chi connectivity index (χ1v) is 3.74. The third kappa shape index (κ3) is 5.45. The first-order valence-electron chi connectivity index (χ1n) is 3.74. The van der Waals surface area contributed by atoms with Crippen molar-refractivity contribution in [1.29, 1.82) is 0 Å². The van der Waals surface area contributed by atoms with Crippen LogP contribution in [-0.2, 0) is 9.59 Å². The first-order chi connectivity index (χ1) is 5.35. The predicted molar refractivity (Wildman–Crippen MR) is 43.9 cm³/mol. The van der Waals surface area contributed by atoms with E-state index in [-0.39, 0.29) is 6.98 Å². The molecule has 11 heavy (non-hydrogen) atoms. The largest absolute Gasteiger partial charge is 0.382 e. The maximum Gasteiger partial charge on any atom is 0.374 e. The lowest BCUT2D eigenvalue weighted by Gasteiger charge is -2.07. The van der Waals surface area contributed by atoms with E-state index in [2.05, 4.69) is 17.4 Å². The van der Waals surface area contributed by atoms with Crippen LogP contribution in [0.15, 0.2) is 0 Å². The molecule has 0 saturated carbocycles. The molecule has 0 fully saturated rings. The number of hydrogen-bond acceptors (Lipinski definition) is 2. The molecule has 0 aliphatic carbocycles. The Kier molecular flexibility index (Phi) is 6.47. The summed E-state index contributed by atoms with van der Waals surface area (Å²) in [5.41, 5.74) is 0. The average molecular weight is 156 g/mol. The second-order valence-electron chi connectivity index (χ2n) is 2.26. The summed E-state index contributed by atoms with van der Waals surface area (Å²) in [6, 6.07) is 0. The second-order valence-corrected chi connectivity index (χ2v) is 2.26. The molecule has 0 spiro atoms. The SMILES string of the molecule is CCCCB(NC=O)NC=O. The van der Waals surface area contributed by atoms with Crippen molar-refractivity contribution in [2.24, 2.45) is 0 Å². The number of nitrogens with one attached hydrogen (secondary N) is 2. The molecule has 0 unspecified atom stereocenters. The Bertz CT molecular complexity index is 111. The number of hydrogen-bond donors (Lipinski definition) is 2. The monoisotopic (exact) mass is 156 g/mol. The van der Waals surface area contributed by atoms with Crippen molar-refractivity contribution in [1.82, 2.24) is 10.5 Å². The van der Waals surface area contributed by atoms with E-state index in [1.807, 2.05) is 0 Å². The highest BCUT2D eigenvalue weighted by atomic mass is 16.1. The van der Waals surface area contributed by atoms with Gasteiger partial charge in [0.2, 0.25) is 0 Å². The van der Waals surface area contributed by atoms with Gasteiger partial charge in [-0.3, -0.25) is 9.59 Å². The van der Waals surface area contributed by atoms with Crippen molar-refractivity contribution in [3.8, 4) is 0 Å². The van der Waals surface area contributed by atoms with Crippen LogP contribution in [0.5, 0.6) is 0 Å². The third-order valence-corrected chi connectivity index (χ3v) is 1.38. The molecular formula is C6H13BN2O2. The van der Waals surface area contributed by atoms with Gasteiger partial charge < -0.3 is 10.5 Å². The van der Waals surface area contributed by atoms with Crippen molar-refractivity contribution in [2.45, 2.75) is 26.1 Å². The van der Waals surface area contributed by atoms with E-state index in [0.29, 0.717) is 12.8 Å². The molecule has 0 heterocycles. The summed E-state index contributed by atoms with van der Waals surface area (Å²) in [6.07, 6.45) is 4.02. The zero-order valence-corrected chi connectivity index (χ0v) is 6.67. The fraction of sp³-hybridized carbons (Fsp3) is 0.667. The molecule has 0 saturated heterocycles. The molecule has 2 N–H and O–H groups in total. The van der Waals surface area contributed by atoms with Crippen LogP contribution in [0.25, 0.3) is 0 Å². The Morgan fingerprint density at radius 2 is 1.82 bits per heavy atom. The van der Waals surface area contributed by atoms with Crippen molar-refractivity contribution >= 4 is 19.8 Å². The lowest BCUT2D eigenvalue weighted by atomic mass is 9.71. The van der Waals surface area contributed by atoms with E-state index in [0.717, 1.165) is 19.2 Å². The molecule has 5 heteroatoms. The van der Waals surface area contributed by atoms with E-state index < -0.39 is 0 Å². The highest BCUT2D eigenvalue weighted by Crippen LogP contribution is 1.95. The minimum absolute atomic E-state index is 0.204. The maximum atomic E-state index is 9.99. The molecule has 0 rings (SSSR count). The van der Waals surface area contributed by atoms with E-state index >= 15 is 0 Å². The van der Waals surface area contributed by atoms with Gasteiger partial charge >= 0.3 is 6.98 Å². The normalized spacial score (nSPS) is 8.45. The topological polar surface area (TPSA) is 58.2 Å². The molecule has 4 nitrogen and oxygen atoms in total. The smallest absolute Gasteiger partial charge is 0.374 e. The van der Waals surface area contributed by atoms with Gasteiger partial charge in [0.15, 0.2) is 12.8 Å². The second kappa shape index (κ2) is 7.12.